The quantitative estimate of drug-likeness (QED) is 0.773. The number of benzene rings is 1. The molecule has 1 unspecified atom stereocenters. The zero-order valence-corrected chi connectivity index (χ0v) is 10.2. The number of imidazole rings is 1. The van der Waals surface area contributed by atoms with Crippen LogP contribution >= 0.6 is 0 Å². The number of alkyl carbamates (subject to hydrolysis) is 1. The van der Waals surface area contributed by atoms with Crippen LogP contribution in [0.1, 0.15) is 25.5 Å². The fourth-order valence-corrected chi connectivity index (χ4v) is 1.75. The molecule has 3 N–H and O–H groups in total. The monoisotopic (exact) mass is 249 g/mol. The van der Waals surface area contributed by atoms with Gasteiger partial charge in [-0.05, 0) is 31.5 Å². The van der Waals surface area contributed by atoms with Crippen LogP contribution in [-0.4, -0.2) is 22.7 Å². The van der Waals surface area contributed by atoms with Gasteiger partial charge in [0.1, 0.15) is 0 Å². The second-order valence-corrected chi connectivity index (χ2v) is 3.97. The highest BCUT2D eigenvalue weighted by atomic mass is 16.5. The molecular formula is C12H15N3O3. The Morgan fingerprint density at radius 3 is 2.83 bits per heavy atom. The van der Waals surface area contributed by atoms with Gasteiger partial charge in [-0.3, -0.25) is 0 Å². The van der Waals surface area contributed by atoms with Gasteiger partial charge in [-0.1, -0.05) is 6.07 Å². The van der Waals surface area contributed by atoms with Crippen LogP contribution in [0.25, 0.3) is 11.0 Å². The molecule has 0 fully saturated rings. The molecule has 1 heterocycles. The summed E-state index contributed by atoms with van der Waals surface area (Å²) in [7, 11) is 0. The van der Waals surface area contributed by atoms with Crippen molar-refractivity contribution in [2.45, 2.75) is 19.9 Å². The molecule has 96 valence electrons. The Kier molecular flexibility index (Phi) is 3.36. The molecule has 1 aromatic carbocycles. The summed E-state index contributed by atoms with van der Waals surface area (Å²) in [6.07, 6.45) is -0.451. The van der Waals surface area contributed by atoms with E-state index in [1.54, 1.807) is 13.0 Å². The van der Waals surface area contributed by atoms with E-state index in [2.05, 4.69) is 15.3 Å². The fraction of sp³-hybridized carbons (Fsp3) is 0.333. The van der Waals surface area contributed by atoms with Gasteiger partial charge in [-0.25, -0.2) is 9.59 Å². The van der Waals surface area contributed by atoms with E-state index >= 15 is 0 Å². The molecule has 18 heavy (non-hydrogen) atoms. The van der Waals surface area contributed by atoms with Gasteiger partial charge in [0.25, 0.3) is 0 Å². The van der Waals surface area contributed by atoms with E-state index in [0.717, 1.165) is 16.6 Å². The van der Waals surface area contributed by atoms with Gasteiger partial charge in [-0.15, -0.1) is 0 Å². The minimum absolute atomic E-state index is 0.188. The summed E-state index contributed by atoms with van der Waals surface area (Å²) in [5.41, 5.74) is 2.11. The molecule has 0 aliphatic heterocycles. The predicted molar refractivity (Wildman–Crippen MR) is 67.5 cm³/mol. The summed E-state index contributed by atoms with van der Waals surface area (Å²) < 4.78 is 4.81. The Morgan fingerprint density at radius 1 is 1.39 bits per heavy atom. The van der Waals surface area contributed by atoms with E-state index in [-0.39, 0.29) is 11.7 Å². The number of carbonyl (C=O) groups excluding carboxylic acids is 1. The van der Waals surface area contributed by atoms with Crippen LogP contribution in [0.5, 0.6) is 0 Å². The second kappa shape index (κ2) is 4.95. The van der Waals surface area contributed by atoms with Crippen molar-refractivity contribution in [3.63, 3.8) is 0 Å². The highest BCUT2D eigenvalue weighted by Crippen LogP contribution is 2.16. The molecule has 0 bridgehead atoms. The third-order valence-electron chi connectivity index (χ3n) is 2.65. The summed E-state index contributed by atoms with van der Waals surface area (Å²) in [5.74, 6) is 0. The SMILES string of the molecule is CCOC(=O)NC(C)c1ccc2[nH]c(=O)[nH]c2c1. The van der Waals surface area contributed by atoms with Crippen LogP contribution in [0.15, 0.2) is 23.0 Å². The molecule has 6 nitrogen and oxygen atoms in total. The standard InChI is InChI=1S/C12H15N3O3/c1-3-18-12(17)13-7(2)8-4-5-9-10(6-8)15-11(16)14-9/h4-7H,3H2,1-2H3,(H,13,17)(H2,14,15,16). The number of fused-ring (bicyclic) bond motifs is 1. The Hall–Kier alpha value is -2.24. The second-order valence-electron chi connectivity index (χ2n) is 3.97. The van der Waals surface area contributed by atoms with Crippen LogP contribution in [0.4, 0.5) is 4.79 Å². The molecule has 1 aromatic heterocycles. The number of ether oxygens (including phenoxy) is 1. The van der Waals surface area contributed by atoms with Crippen molar-refractivity contribution in [3.8, 4) is 0 Å². The summed E-state index contributed by atoms with van der Waals surface area (Å²) in [6.45, 7) is 3.94. The number of aromatic nitrogens is 2. The number of amides is 1. The lowest BCUT2D eigenvalue weighted by molar-refractivity contribution is 0.149. The van der Waals surface area contributed by atoms with Crippen molar-refractivity contribution in [3.05, 3.63) is 34.2 Å². The van der Waals surface area contributed by atoms with Crippen LogP contribution < -0.4 is 11.0 Å². The Balaban J connectivity index is 2.19. The van der Waals surface area contributed by atoms with Crippen LogP contribution in [0.3, 0.4) is 0 Å². The van der Waals surface area contributed by atoms with Gasteiger partial charge in [0.05, 0.1) is 23.7 Å². The van der Waals surface area contributed by atoms with Gasteiger partial charge in [0, 0.05) is 0 Å². The Bertz CT molecular complexity index is 614. The Labute approximate surface area is 103 Å². The molecule has 2 rings (SSSR count). The van der Waals surface area contributed by atoms with Crippen LogP contribution in [0.2, 0.25) is 0 Å². The lowest BCUT2D eigenvalue weighted by Gasteiger charge is -2.13. The number of rotatable bonds is 3. The number of aromatic amines is 2. The van der Waals surface area contributed by atoms with E-state index in [1.165, 1.54) is 0 Å². The zero-order valence-electron chi connectivity index (χ0n) is 10.2. The molecule has 0 saturated heterocycles. The van der Waals surface area contributed by atoms with E-state index in [9.17, 15) is 9.59 Å². The maximum Gasteiger partial charge on any atom is 0.407 e. The first-order chi connectivity index (χ1) is 8.60. The lowest BCUT2D eigenvalue weighted by atomic mass is 10.1. The van der Waals surface area contributed by atoms with Crippen molar-refractivity contribution < 1.29 is 9.53 Å². The molecule has 2 aromatic rings. The van der Waals surface area contributed by atoms with Gasteiger partial charge in [0.15, 0.2) is 0 Å². The Morgan fingerprint density at radius 2 is 2.11 bits per heavy atom. The summed E-state index contributed by atoms with van der Waals surface area (Å²) in [6, 6.07) is 5.28. The normalized spacial score (nSPS) is 12.3. The average molecular weight is 249 g/mol. The molecule has 0 aliphatic rings. The molecule has 1 atom stereocenters. The summed E-state index contributed by atoms with van der Waals surface area (Å²) in [4.78, 5) is 27.8. The maximum atomic E-state index is 11.3. The molecule has 1 amide bonds. The molecule has 6 heteroatoms. The maximum absolute atomic E-state index is 11.3. The number of hydrogen-bond donors (Lipinski definition) is 3. The number of nitrogens with one attached hydrogen (secondary N) is 3. The minimum Gasteiger partial charge on any atom is -0.450 e. The highest BCUT2D eigenvalue weighted by molar-refractivity contribution is 5.75. The molecular weight excluding hydrogens is 234 g/mol. The number of carbonyl (C=O) groups is 1. The van der Waals surface area contributed by atoms with E-state index < -0.39 is 6.09 Å². The summed E-state index contributed by atoms with van der Waals surface area (Å²) >= 11 is 0. The third kappa shape index (κ3) is 2.53. The zero-order chi connectivity index (χ0) is 13.1. The van der Waals surface area contributed by atoms with Crippen molar-refractivity contribution in [2.75, 3.05) is 6.61 Å². The molecule has 0 saturated carbocycles. The molecule has 0 radical (unpaired) electrons. The molecule has 0 aliphatic carbocycles. The van der Waals surface area contributed by atoms with E-state index in [4.69, 9.17) is 4.74 Å². The van der Waals surface area contributed by atoms with Gasteiger partial charge < -0.3 is 20.0 Å². The average Bonchev–Trinajstić information content (AvgIpc) is 2.68. The van der Waals surface area contributed by atoms with Crippen LogP contribution in [-0.2, 0) is 4.74 Å². The molecule has 0 spiro atoms. The van der Waals surface area contributed by atoms with Crippen molar-refractivity contribution in [1.82, 2.24) is 15.3 Å². The highest BCUT2D eigenvalue weighted by Gasteiger charge is 2.10. The van der Waals surface area contributed by atoms with E-state index in [0.29, 0.717) is 6.61 Å². The smallest absolute Gasteiger partial charge is 0.407 e. The van der Waals surface area contributed by atoms with Gasteiger partial charge in [-0.2, -0.15) is 0 Å². The third-order valence-corrected chi connectivity index (χ3v) is 2.65. The number of H-pyrrole nitrogens is 2. The topological polar surface area (TPSA) is 87.0 Å². The van der Waals surface area contributed by atoms with Gasteiger partial charge in [0.2, 0.25) is 0 Å². The first kappa shape index (κ1) is 12.2. The first-order valence-electron chi connectivity index (χ1n) is 5.75. The fourth-order valence-electron chi connectivity index (χ4n) is 1.75. The van der Waals surface area contributed by atoms with Crippen molar-refractivity contribution in [2.24, 2.45) is 0 Å². The van der Waals surface area contributed by atoms with E-state index in [1.807, 2.05) is 19.1 Å². The minimum atomic E-state index is -0.451. The largest absolute Gasteiger partial charge is 0.450 e. The van der Waals surface area contributed by atoms with Gasteiger partial charge >= 0.3 is 11.8 Å². The number of hydrogen-bond acceptors (Lipinski definition) is 3. The lowest BCUT2D eigenvalue weighted by Crippen LogP contribution is -2.27. The summed E-state index contributed by atoms with van der Waals surface area (Å²) in [5, 5.41) is 2.71. The predicted octanol–water partition coefficient (Wildman–Crippen LogP) is 1.66. The van der Waals surface area contributed by atoms with Crippen LogP contribution in [0, 0.1) is 0 Å². The van der Waals surface area contributed by atoms with Crippen molar-refractivity contribution in [1.29, 1.82) is 0 Å². The first-order valence-corrected chi connectivity index (χ1v) is 5.75. The van der Waals surface area contributed by atoms with Crippen molar-refractivity contribution >= 4 is 17.1 Å².